The fraction of sp³-hybridized carbons (Fsp3) is 0.667. The van der Waals surface area contributed by atoms with Gasteiger partial charge in [-0.05, 0) is 88.1 Å². The minimum absolute atomic E-state index is 0.317. The van der Waals surface area contributed by atoms with E-state index < -0.39 is 0 Å². The van der Waals surface area contributed by atoms with Crippen molar-refractivity contribution in [3.8, 4) is 5.75 Å². The highest BCUT2D eigenvalue weighted by molar-refractivity contribution is 5.37. The van der Waals surface area contributed by atoms with E-state index in [9.17, 15) is 0 Å². The highest BCUT2D eigenvalue weighted by atomic mass is 16.5. The van der Waals surface area contributed by atoms with Crippen LogP contribution in [0.1, 0.15) is 56.6 Å². The molecule has 1 aromatic carbocycles. The van der Waals surface area contributed by atoms with Crippen molar-refractivity contribution in [3.63, 3.8) is 0 Å². The maximum absolute atomic E-state index is 6.08. The Balaban J connectivity index is 1.43. The first kappa shape index (κ1) is 13.9. The maximum Gasteiger partial charge on any atom is 0.119 e. The van der Waals surface area contributed by atoms with Crippen LogP contribution in [0.15, 0.2) is 18.2 Å². The molecule has 0 radical (unpaired) electrons. The fourth-order valence-corrected chi connectivity index (χ4v) is 3.06. The number of hydrogen-bond acceptors (Lipinski definition) is 2. The topological polar surface area (TPSA) is 21.3 Å². The van der Waals surface area contributed by atoms with Gasteiger partial charge in [0.15, 0.2) is 0 Å². The van der Waals surface area contributed by atoms with Gasteiger partial charge < -0.3 is 10.1 Å². The molecule has 0 aliphatic heterocycles. The Kier molecular flexibility index (Phi) is 4.62. The van der Waals surface area contributed by atoms with Crippen LogP contribution >= 0.6 is 0 Å². The lowest BCUT2D eigenvalue weighted by atomic mass is 9.92. The first-order valence-corrected chi connectivity index (χ1v) is 8.33. The molecular formula is C18H27NO. The van der Waals surface area contributed by atoms with Crippen molar-refractivity contribution < 1.29 is 4.74 Å². The zero-order chi connectivity index (χ0) is 13.8. The minimum Gasteiger partial charge on any atom is -0.491 e. The number of fused-ring (bicyclic) bond motifs is 1. The van der Waals surface area contributed by atoms with Gasteiger partial charge in [0.05, 0.1) is 6.10 Å². The van der Waals surface area contributed by atoms with Gasteiger partial charge in [0.2, 0.25) is 0 Å². The summed E-state index contributed by atoms with van der Waals surface area (Å²) in [5.41, 5.74) is 3.04. The molecule has 1 saturated carbocycles. The van der Waals surface area contributed by atoms with Crippen molar-refractivity contribution in [2.45, 2.75) is 70.4 Å². The summed E-state index contributed by atoms with van der Waals surface area (Å²) in [6.45, 7) is 3.33. The molecule has 1 unspecified atom stereocenters. The summed E-state index contributed by atoms with van der Waals surface area (Å²) in [5, 5.41) is 3.56. The Bertz CT molecular complexity index is 439. The molecule has 0 aromatic heterocycles. The lowest BCUT2D eigenvalue weighted by molar-refractivity contribution is 0.207. The van der Waals surface area contributed by atoms with Gasteiger partial charge in [-0.15, -0.1) is 0 Å². The van der Waals surface area contributed by atoms with Crippen LogP contribution in [0.2, 0.25) is 0 Å². The minimum atomic E-state index is 0.317. The third-order valence-electron chi connectivity index (χ3n) is 4.46. The molecule has 2 heteroatoms. The molecular weight excluding hydrogens is 246 g/mol. The van der Waals surface area contributed by atoms with Gasteiger partial charge in [0, 0.05) is 6.04 Å². The van der Waals surface area contributed by atoms with E-state index in [1.807, 2.05) is 0 Å². The average Bonchev–Trinajstić information content (AvgIpc) is 3.28. The molecule has 110 valence electrons. The summed E-state index contributed by atoms with van der Waals surface area (Å²) in [6, 6.07) is 7.52. The predicted molar refractivity (Wildman–Crippen MR) is 83.4 cm³/mol. The molecule has 2 aliphatic carbocycles. The van der Waals surface area contributed by atoms with E-state index in [4.69, 9.17) is 4.74 Å². The molecule has 1 aromatic rings. The molecule has 0 spiro atoms. The van der Waals surface area contributed by atoms with Gasteiger partial charge in [-0.3, -0.25) is 0 Å². The van der Waals surface area contributed by atoms with E-state index in [1.54, 1.807) is 0 Å². The van der Waals surface area contributed by atoms with E-state index in [1.165, 1.54) is 56.1 Å². The van der Waals surface area contributed by atoms with E-state index >= 15 is 0 Å². The third kappa shape index (κ3) is 3.99. The van der Waals surface area contributed by atoms with Gasteiger partial charge in [-0.1, -0.05) is 6.07 Å². The van der Waals surface area contributed by atoms with Crippen molar-refractivity contribution in [1.29, 1.82) is 0 Å². The first-order chi connectivity index (χ1) is 9.81. The molecule has 0 heterocycles. The SMILES string of the molecule is CC(CCCNC1CC1)Oc1ccc2c(c1)CCCC2. The quantitative estimate of drug-likeness (QED) is 0.762. The Morgan fingerprint density at radius 2 is 2.00 bits per heavy atom. The van der Waals surface area contributed by atoms with Crippen LogP contribution < -0.4 is 10.1 Å². The fourth-order valence-electron chi connectivity index (χ4n) is 3.06. The zero-order valence-corrected chi connectivity index (χ0v) is 12.7. The second-order valence-corrected chi connectivity index (χ2v) is 6.44. The third-order valence-corrected chi connectivity index (χ3v) is 4.46. The first-order valence-electron chi connectivity index (χ1n) is 8.33. The summed E-state index contributed by atoms with van der Waals surface area (Å²) in [5.74, 6) is 1.06. The van der Waals surface area contributed by atoms with Crippen molar-refractivity contribution in [1.82, 2.24) is 5.32 Å². The summed E-state index contributed by atoms with van der Waals surface area (Å²) in [6.07, 6.45) is 10.6. The second-order valence-electron chi connectivity index (χ2n) is 6.44. The van der Waals surface area contributed by atoms with Gasteiger partial charge in [-0.2, -0.15) is 0 Å². The van der Waals surface area contributed by atoms with Crippen LogP contribution in [-0.2, 0) is 12.8 Å². The van der Waals surface area contributed by atoms with Crippen molar-refractivity contribution >= 4 is 0 Å². The summed E-state index contributed by atoms with van der Waals surface area (Å²) in [7, 11) is 0. The van der Waals surface area contributed by atoms with E-state index in [-0.39, 0.29) is 0 Å². The smallest absolute Gasteiger partial charge is 0.119 e. The van der Waals surface area contributed by atoms with Gasteiger partial charge in [0.25, 0.3) is 0 Å². The molecule has 1 N–H and O–H groups in total. The van der Waals surface area contributed by atoms with Gasteiger partial charge in [-0.25, -0.2) is 0 Å². The molecule has 3 rings (SSSR count). The number of hydrogen-bond donors (Lipinski definition) is 1. The van der Waals surface area contributed by atoms with Crippen molar-refractivity contribution in [2.24, 2.45) is 0 Å². The Hall–Kier alpha value is -1.02. The summed E-state index contributed by atoms with van der Waals surface area (Å²) < 4.78 is 6.08. The highest BCUT2D eigenvalue weighted by Crippen LogP contribution is 2.26. The average molecular weight is 273 g/mol. The molecule has 1 atom stereocenters. The number of nitrogens with one attached hydrogen (secondary N) is 1. The summed E-state index contributed by atoms with van der Waals surface area (Å²) in [4.78, 5) is 0. The molecule has 20 heavy (non-hydrogen) atoms. The van der Waals surface area contributed by atoms with Crippen LogP contribution in [0.4, 0.5) is 0 Å². The van der Waals surface area contributed by atoms with E-state index in [0.29, 0.717) is 6.10 Å². The molecule has 0 bridgehead atoms. The van der Waals surface area contributed by atoms with Gasteiger partial charge >= 0.3 is 0 Å². The zero-order valence-electron chi connectivity index (χ0n) is 12.7. The van der Waals surface area contributed by atoms with E-state index in [0.717, 1.165) is 24.8 Å². The molecule has 0 saturated heterocycles. The predicted octanol–water partition coefficient (Wildman–Crippen LogP) is 3.86. The van der Waals surface area contributed by atoms with Crippen LogP contribution in [0.5, 0.6) is 5.75 Å². The molecule has 1 fully saturated rings. The highest BCUT2D eigenvalue weighted by Gasteiger charge is 2.19. The van der Waals surface area contributed by atoms with Crippen LogP contribution in [0, 0.1) is 0 Å². The standard InChI is InChI=1S/C18H27NO/c1-14(5-4-12-19-17-9-10-17)20-18-11-8-15-6-2-3-7-16(15)13-18/h8,11,13-14,17,19H,2-7,9-10,12H2,1H3. The maximum atomic E-state index is 6.08. The Morgan fingerprint density at radius 1 is 1.20 bits per heavy atom. The Morgan fingerprint density at radius 3 is 2.80 bits per heavy atom. The summed E-state index contributed by atoms with van der Waals surface area (Å²) >= 11 is 0. The molecule has 2 nitrogen and oxygen atoms in total. The van der Waals surface area contributed by atoms with E-state index in [2.05, 4.69) is 30.4 Å². The van der Waals surface area contributed by atoms with Crippen LogP contribution in [0.25, 0.3) is 0 Å². The number of rotatable bonds is 7. The number of ether oxygens (including phenoxy) is 1. The molecule has 2 aliphatic rings. The van der Waals surface area contributed by atoms with Crippen LogP contribution in [0.3, 0.4) is 0 Å². The van der Waals surface area contributed by atoms with Gasteiger partial charge in [0.1, 0.15) is 5.75 Å². The molecule has 0 amide bonds. The second kappa shape index (κ2) is 6.62. The number of aryl methyl sites for hydroxylation is 2. The monoisotopic (exact) mass is 273 g/mol. The Labute approximate surface area is 122 Å². The van der Waals surface area contributed by atoms with Crippen molar-refractivity contribution in [3.05, 3.63) is 29.3 Å². The largest absolute Gasteiger partial charge is 0.491 e. The normalized spacial score (nSPS) is 19.4. The van der Waals surface area contributed by atoms with Crippen LogP contribution in [-0.4, -0.2) is 18.7 Å². The van der Waals surface area contributed by atoms with Crippen molar-refractivity contribution in [2.75, 3.05) is 6.54 Å². The lowest BCUT2D eigenvalue weighted by Gasteiger charge is -2.19. The number of benzene rings is 1. The lowest BCUT2D eigenvalue weighted by Crippen LogP contribution is -2.20.